The minimum Gasteiger partial charge on any atom is -0.271 e. The number of aryl methyl sites for hydroxylation is 1. The van der Waals surface area contributed by atoms with Crippen LogP contribution < -0.4 is 11.3 Å². The van der Waals surface area contributed by atoms with Crippen molar-refractivity contribution in [1.29, 1.82) is 0 Å². The summed E-state index contributed by atoms with van der Waals surface area (Å²) in [5, 5.41) is 0. The van der Waals surface area contributed by atoms with Crippen molar-refractivity contribution in [3.8, 4) is 0 Å². The second-order valence-corrected chi connectivity index (χ2v) is 8.87. The van der Waals surface area contributed by atoms with Crippen LogP contribution in [0.2, 0.25) is 0 Å². The first-order valence-electron chi connectivity index (χ1n) is 5.95. The van der Waals surface area contributed by atoms with Crippen LogP contribution in [0.25, 0.3) is 0 Å². The van der Waals surface area contributed by atoms with Crippen LogP contribution in [0.15, 0.2) is 12.1 Å². The molecule has 6 heteroatoms. The smallest absolute Gasteiger partial charge is 0.154 e. The predicted molar refractivity (Wildman–Crippen MR) is 77.4 cm³/mol. The molecule has 0 aliphatic heterocycles. The second-order valence-electron chi connectivity index (χ2n) is 5.02. The van der Waals surface area contributed by atoms with Crippen molar-refractivity contribution in [2.45, 2.75) is 44.4 Å². The molecule has 1 rings (SSSR count). The van der Waals surface area contributed by atoms with E-state index in [1.54, 1.807) is 25.2 Å². The predicted octanol–water partition coefficient (Wildman–Crippen LogP) is 1.51. The molecular formula is C12H22N2O2S2. The standard InChI is InChI=1S/C12H22N2O2S2/c1-5-9-6-7-10(17-9)8-11(14-13)12(2,3)18(4,15)16/h6-7,11,14H,5,8,13H2,1-4H3. The number of rotatable bonds is 6. The number of nitrogens with one attached hydrogen (secondary N) is 1. The molecule has 0 aromatic carbocycles. The van der Waals surface area contributed by atoms with Crippen molar-refractivity contribution in [3.63, 3.8) is 0 Å². The van der Waals surface area contributed by atoms with Gasteiger partial charge in [-0.15, -0.1) is 11.3 Å². The summed E-state index contributed by atoms with van der Waals surface area (Å²) in [6.07, 6.45) is 2.88. The zero-order valence-corrected chi connectivity index (χ0v) is 13.0. The Morgan fingerprint density at radius 3 is 2.33 bits per heavy atom. The molecule has 4 nitrogen and oxygen atoms in total. The van der Waals surface area contributed by atoms with Gasteiger partial charge in [0, 0.05) is 22.1 Å². The van der Waals surface area contributed by atoms with Crippen LogP contribution in [0.3, 0.4) is 0 Å². The average molecular weight is 290 g/mol. The number of hydrogen-bond donors (Lipinski definition) is 2. The largest absolute Gasteiger partial charge is 0.271 e. The molecule has 1 unspecified atom stereocenters. The Labute approximate surface area is 113 Å². The Balaban J connectivity index is 2.92. The fourth-order valence-corrected chi connectivity index (χ4v) is 3.36. The van der Waals surface area contributed by atoms with Gasteiger partial charge in [-0.1, -0.05) is 6.92 Å². The molecule has 0 radical (unpaired) electrons. The summed E-state index contributed by atoms with van der Waals surface area (Å²) in [4.78, 5) is 2.46. The van der Waals surface area contributed by atoms with Gasteiger partial charge in [-0.3, -0.25) is 11.3 Å². The maximum Gasteiger partial charge on any atom is 0.154 e. The molecule has 3 N–H and O–H groups in total. The van der Waals surface area contributed by atoms with E-state index in [4.69, 9.17) is 5.84 Å². The molecule has 0 saturated carbocycles. The summed E-state index contributed by atoms with van der Waals surface area (Å²) in [6, 6.07) is 3.84. The quantitative estimate of drug-likeness (QED) is 0.615. The number of sulfone groups is 1. The highest BCUT2D eigenvalue weighted by Gasteiger charge is 2.38. The van der Waals surface area contributed by atoms with Crippen LogP contribution in [0.4, 0.5) is 0 Å². The summed E-state index contributed by atoms with van der Waals surface area (Å²) in [6.45, 7) is 5.52. The first-order chi connectivity index (χ1) is 8.22. The lowest BCUT2D eigenvalue weighted by Crippen LogP contribution is -2.54. The Bertz CT molecular complexity index is 492. The van der Waals surface area contributed by atoms with E-state index in [1.807, 2.05) is 6.07 Å². The third-order valence-electron chi connectivity index (χ3n) is 3.47. The zero-order valence-electron chi connectivity index (χ0n) is 11.4. The number of hydrazine groups is 1. The van der Waals surface area contributed by atoms with E-state index in [9.17, 15) is 8.42 Å². The summed E-state index contributed by atoms with van der Waals surface area (Å²) in [5.41, 5.74) is 2.65. The molecule has 0 fully saturated rings. The summed E-state index contributed by atoms with van der Waals surface area (Å²) in [5.74, 6) is 5.53. The lowest BCUT2D eigenvalue weighted by Gasteiger charge is -2.31. The van der Waals surface area contributed by atoms with Crippen molar-refractivity contribution in [2.24, 2.45) is 5.84 Å². The number of thiophene rings is 1. The third kappa shape index (κ3) is 3.32. The van der Waals surface area contributed by atoms with Crippen molar-refractivity contribution in [3.05, 3.63) is 21.9 Å². The van der Waals surface area contributed by atoms with Crippen LogP contribution in [-0.2, 0) is 22.7 Å². The molecule has 1 aromatic heterocycles. The SMILES string of the molecule is CCc1ccc(CC(NN)C(C)(C)S(C)(=O)=O)s1. The number of hydrogen-bond acceptors (Lipinski definition) is 5. The highest BCUT2D eigenvalue weighted by molar-refractivity contribution is 7.92. The lowest BCUT2D eigenvalue weighted by molar-refractivity contribution is 0.414. The molecule has 18 heavy (non-hydrogen) atoms. The van der Waals surface area contributed by atoms with Gasteiger partial charge >= 0.3 is 0 Å². The third-order valence-corrected chi connectivity index (χ3v) is 6.91. The van der Waals surface area contributed by atoms with E-state index in [0.717, 1.165) is 11.3 Å². The molecule has 0 aliphatic rings. The zero-order chi connectivity index (χ0) is 14.0. The normalized spacial score (nSPS) is 14.7. The van der Waals surface area contributed by atoms with Gasteiger partial charge in [-0.25, -0.2) is 8.42 Å². The average Bonchev–Trinajstić information content (AvgIpc) is 2.71. The number of nitrogens with two attached hydrogens (primary N) is 1. The Morgan fingerprint density at radius 2 is 1.94 bits per heavy atom. The van der Waals surface area contributed by atoms with Gasteiger partial charge in [0.2, 0.25) is 0 Å². The molecule has 1 heterocycles. The van der Waals surface area contributed by atoms with Crippen LogP contribution >= 0.6 is 11.3 Å². The van der Waals surface area contributed by atoms with E-state index < -0.39 is 14.6 Å². The highest BCUT2D eigenvalue weighted by atomic mass is 32.2. The summed E-state index contributed by atoms with van der Waals surface area (Å²) in [7, 11) is -3.17. The Hall–Kier alpha value is -0.430. The lowest BCUT2D eigenvalue weighted by atomic mass is 10.00. The van der Waals surface area contributed by atoms with Crippen LogP contribution in [-0.4, -0.2) is 25.5 Å². The van der Waals surface area contributed by atoms with Gasteiger partial charge < -0.3 is 0 Å². The molecular weight excluding hydrogens is 268 g/mol. The maximum atomic E-state index is 11.8. The van der Waals surface area contributed by atoms with Gasteiger partial charge in [0.15, 0.2) is 9.84 Å². The minimum atomic E-state index is -3.17. The monoisotopic (exact) mass is 290 g/mol. The molecule has 0 aliphatic carbocycles. The summed E-state index contributed by atoms with van der Waals surface area (Å²) < 4.78 is 22.7. The Kier molecular flexibility index (Phi) is 4.94. The van der Waals surface area contributed by atoms with E-state index in [2.05, 4.69) is 18.4 Å². The van der Waals surface area contributed by atoms with Gasteiger partial charge in [0.05, 0.1) is 4.75 Å². The van der Waals surface area contributed by atoms with E-state index in [-0.39, 0.29) is 6.04 Å². The molecule has 1 atom stereocenters. The van der Waals surface area contributed by atoms with Crippen molar-refractivity contribution in [2.75, 3.05) is 6.26 Å². The molecule has 0 spiro atoms. The van der Waals surface area contributed by atoms with E-state index >= 15 is 0 Å². The summed E-state index contributed by atoms with van der Waals surface area (Å²) >= 11 is 1.71. The van der Waals surface area contributed by atoms with Crippen LogP contribution in [0.1, 0.15) is 30.5 Å². The minimum absolute atomic E-state index is 0.296. The van der Waals surface area contributed by atoms with E-state index in [1.165, 1.54) is 11.1 Å². The van der Waals surface area contributed by atoms with Gasteiger partial charge in [-0.05, 0) is 38.8 Å². The molecule has 0 saturated heterocycles. The van der Waals surface area contributed by atoms with Gasteiger partial charge in [-0.2, -0.15) is 0 Å². The molecule has 104 valence electrons. The first-order valence-corrected chi connectivity index (χ1v) is 8.66. The van der Waals surface area contributed by atoms with E-state index in [0.29, 0.717) is 6.42 Å². The first kappa shape index (κ1) is 15.6. The highest BCUT2D eigenvalue weighted by Crippen LogP contribution is 2.25. The molecule has 0 amide bonds. The fraction of sp³-hybridized carbons (Fsp3) is 0.667. The van der Waals surface area contributed by atoms with Crippen LogP contribution in [0.5, 0.6) is 0 Å². The molecule has 0 bridgehead atoms. The molecule has 1 aromatic rings. The maximum absolute atomic E-state index is 11.8. The van der Waals surface area contributed by atoms with Gasteiger partial charge in [0.25, 0.3) is 0 Å². The topological polar surface area (TPSA) is 72.2 Å². The van der Waals surface area contributed by atoms with Crippen molar-refractivity contribution < 1.29 is 8.42 Å². The van der Waals surface area contributed by atoms with Crippen LogP contribution in [0, 0.1) is 0 Å². The second kappa shape index (κ2) is 5.69. The van der Waals surface area contributed by atoms with Crippen molar-refractivity contribution in [1.82, 2.24) is 5.43 Å². The van der Waals surface area contributed by atoms with Gasteiger partial charge in [0.1, 0.15) is 0 Å². The Morgan fingerprint density at radius 1 is 1.39 bits per heavy atom. The fourth-order valence-electron chi connectivity index (χ4n) is 1.69. The van der Waals surface area contributed by atoms with Crippen molar-refractivity contribution >= 4 is 21.2 Å².